The third-order valence-electron chi connectivity index (χ3n) is 17.0. The summed E-state index contributed by atoms with van der Waals surface area (Å²) in [6.07, 6.45) is 2.98. The van der Waals surface area contributed by atoms with Gasteiger partial charge in [-0.1, -0.05) is 161 Å². The second-order valence-corrected chi connectivity index (χ2v) is 26.1. The number of rotatable bonds is 15. The monoisotopic (exact) mass is 1300 g/mol. The van der Waals surface area contributed by atoms with Crippen LogP contribution in [0.15, 0.2) is 134 Å². The first kappa shape index (κ1) is 70.1. The van der Waals surface area contributed by atoms with Crippen LogP contribution in [0.2, 0.25) is 0 Å². The van der Waals surface area contributed by atoms with E-state index in [0.717, 1.165) is 134 Å². The molecule has 8 aromatic rings. The van der Waals surface area contributed by atoms with Crippen molar-refractivity contribution in [3.63, 3.8) is 0 Å². The highest BCUT2D eigenvalue weighted by Gasteiger charge is 2.25. The molecule has 0 amide bonds. The number of aromatic hydroxyl groups is 5. The van der Waals surface area contributed by atoms with Gasteiger partial charge in [0.1, 0.15) is 85.6 Å². The number of aryl methyl sites for hydroxylation is 8. The summed E-state index contributed by atoms with van der Waals surface area (Å²) in [6.45, 7) is 32.3. The molecule has 0 heterocycles. The van der Waals surface area contributed by atoms with Crippen LogP contribution in [0.4, 0.5) is 0 Å². The maximum Gasteiger partial charge on any atom is 0.333 e. The number of carbonyl (C=O) groups excluding carboxylic acids is 3. The van der Waals surface area contributed by atoms with Crippen LogP contribution in [-0.4, -0.2) is 83.1 Å². The van der Waals surface area contributed by atoms with Gasteiger partial charge < -0.3 is 54.0 Å². The van der Waals surface area contributed by atoms with E-state index >= 15 is 0 Å². The summed E-state index contributed by atoms with van der Waals surface area (Å²) in [5.74, 6) is 1.37. The van der Waals surface area contributed by atoms with Gasteiger partial charge in [-0.25, -0.2) is 14.4 Å². The Morgan fingerprint density at radius 3 is 0.552 bits per heavy atom. The second-order valence-electron chi connectivity index (χ2n) is 26.1. The second kappa shape index (κ2) is 30.5. The van der Waals surface area contributed by atoms with E-state index in [2.05, 4.69) is 19.7 Å². The van der Waals surface area contributed by atoms with Crippen molar-refractivity contribution in [2.75, 3.05) is 39.6 Å². The maximum atomic E-state index is 12.1. The molecule has 2 aliphatic rings. The summed E-state index contributed by atoms with van der Waals surface area (Å²) in [7, 11) is 0. The maximum absolute atomic E-state index is 12.1. The Hall–Kier alpha value is -10.2. The predicted octanol–water partition coefficient (Wildman–Crippen LogP) is 15.2. The van der Waals surface area contributed by atoms with E-state index in [0.29, 0.717) is 85.3 Å². The van der Waals surface area contributed by atoms with E-state index in [1.54, 1.807) is 20.8 Å². The van der Waals surface area contributed by atoms with Gasteiger partial charge in [-0.2, -0.15) is 0 Å². The Morgan fingerprint density at radius 1 is 0.271 bits per heavy atom. The minimum atomic E-state index is -0.483. The number of hydrogen-bond donors (Lipinski definition) is 5. The normalized spacial score (nSPS) is 12.3. The molecule has 16 bridgehead atoms. The lowest BCUT2D eigenvalue weighted by atomic mass is 9.89. The number of esters is 3. The Morgan fingerprint density at radius 2 is 0.406 bits per heavy atom. The fourth-order valence-electron chi connectivity index (χ4n) is 13.0. The third kappa shape index (κ3) is 17.2. The highest BCUT2D eigenvalue weighted by molar-refractivity contribution is 5.87. The van der Waals surface area contributed by atoms with E-state index in [9.17, 15) is 39.9 Å². The zero-order valence-corrected chi connectivity index (χ0v) is 57.2. The Labute approximate surface area is 563 Å². The lowest BCUT2D eigenvalue weighted by molar-refractivity contribution is -0.140. The summed E-state index contributed by atoms with van der Waals surface area (Å²) in [6, 6.07) is 32.0. The molecule has 10 rings (SSSR count). The van der Waals surface area contributed by atoms with Crippen molar-refractivity contribution in [3.05, 3.63) is 267 Å². The predicted molar refractivity (Wildman–Crippen MR) is 374 cm³/mol. The fraction of sp³-hybridized carbons (Fsp3) is 0.305. The molecule has 0 fully saturated rings. The standard InChI is InChI=1S/C44H48O8.C38H40O6/c1-25(2)43(47)51-11-9-49-41-35-17-29(7)18-36(41)22-32-14-28(6)16-34(40(32)46)24-38-20-30(8)19-37(42(38)50-10-12-52-44(48)26(3)4)23-33-15-27(5)13-31(21-35)39(33)45;1-21(2)38(42)44-8-7-43-37-32-15-25(6)16-33(37)20-31-14-24(5)12-29(36(31)41)18-27-10-22(3)9-26(34(27)39)17-28-11-23(4)13-30(19-32)35(28)40/h13-20,45-46H,1,3,9-12,21-24H2,2,4-8H3;9-16,39-41H,1,7-8,17-20H2,2-6H3. The van der Waals surface area contributed by atoms with Crippen LogP contribution in [-0.2, 0) is 80.0 Å². The highest BCUT2D eigenvalue weighted by atomic mass is 16.6. The van der Waals surface area contributed by atoms with Crippen molar-refractivity contribution in [3.8, 4) is 46.0 Å². The largest absolute Gasteiger partial charge is 0.507 e. The van der Waals surface area contributed by atoms with Gasteiger partial charge in [-0.3, -0.25) is 0 Å². The van der Waals surface area contributed by atoms with Crippen LogP contribution in [0.3, 0.4) is 0 Å². The SMILES string of the molecule is C=C(C)C(=O)OCCOc1c2cc(C)cc1Cc1cc(C)cc(c1O)Cc1cc(C)cc(c1O)Cc1cc(C)cc(c1O)C2.C=C(C)C(=O)OCCOc1c2cc(C)cc1Cc1cc(C)cc(c1O)Cc1cc(C)cc(c1OCCOC(=O)C(=C)C)Cc1cc(C)cc(c1O)C2. The molecule has 0 spiro atoms. The quantitative estimate of drug-likeness (QED) is 0.0280. The topological polar surface area (TPSA) is 208 Å². The lowest BCUT2D eigenvalue weighted by Gasteiger charge is -2.22. The van der Waals surface area contributed by atoms with E-state index in [1.165, 1.54) is 0 Å². The van der Waals surface area contributed by atoms with Gasteiger partial charge in [0, 0.05) is 68.1 Å². The Balaban J connectivity index is 0.000000228. The number of phenolic OH excluding ortho intramolecular Hbond substituents is 5. The molecule has 0 aromatic heterocycles. The van der Waals surface area contributed by atoms with Crippen LogP contribution < -0.4 is 14.2 Å². The molecule has 0 radical (unpaired) electrons. The molecular formula is C82H88O14. The summed E-state index contributed by atoms with van der Waals surface area (Å²) < 4.78 is 35.1. The summed E-state index contributed by atoms with van der Waals surface area (Å²) in [4.78, 5) is 36.1. The van der Waals surface area contributed by atoms with E-state index in [1.807, 2.05) is 152 Å². The Bertz CT molecular complexity index is 4040. The molecule has 8 aromatic carbocycles. The number of phenols is 5. The van der Waals surface area contributed by atoms with Crippen LogP contribution in [0.25, 0.3) is 0 Å². The number of carbonyl (C=O) groups is 3. The summed E-state index contributed by atoms with van der Waals surface area (Å²) in [5.41, 5.74) is 21.5. The smallest absolute Gasteiger partial charge is 0.333 e. The van der Waals surface area contributed by atoms with Crippen molar-refractivity contribution in [2.24, 2.45) is 0 Å². The Kier molecular flexibility index (Phi) is 22.2. The van der Waals surface area contributed by atoms with Gasteiger partial charge in [0.15, 0.2) is 0 Å². The van der Waals surface area contributed by atoms with Crippen molar-refractivity contribution in [1.29, 1.82) is 0 Å². The van der Waals surface area contributed by atoms with Crippen LogP contribution >= 0.6 is 0 Å². The molecule has 0 saturated carbocycles. The molecule has 500 valence electrons. The zero-order valence-electron chi connectivity index (χ0n) is 57.2. The summed E-state index contributed by atoms with van der Waals surface area (Å²) in [5, 5.41) is 58.2. The van der Waals surface area contributed by atoms with Gasteiger partial charge in [-0.15, -0.1) is 0 Å². The van der Waals surface area contributed by atoms with E-state index < -0.39 is 17.9 Å². The lowest BCUT2D eigenvalue weighted by Crippen LogP contribution is -2.14. The minimum Gasteiger partial charge on any atom is -0.507 e. The average Bonchev–Trinajstić information content (AvgIpc) is 0.790. The minimum absolute atomic E-state index is 0.0377. The molecule has 96 heavy (non-hydrogen) atoms. The highest BCUT2D eigenvalue weighted by Crippen LogP contribution is 2.43. The van der Waals surface area contributed by atoms with E-state index in [4.69, 9.17) is 28.4 Å². The van der Waals surface area contributed by atoms with Crippen molar-refractivity contribution in [2.45, 2.75) is 128 Å². The molecular weight excluding hydrogens is 1210 g/mol. The van der Waals surface area contributed by atoms with Crippen molar-refractivity contribution in [1.82, 2.24) is 0 Å². The molecule has 0 unspecified atom stereocenters. The molecule has 14 heteroatoms. The molecule has 2 aliphatic carbocycles. The van der Waals surface area contributed by atoms with Gasteiger partial charge in [0.25, 0.3) is 0 Å². The molecule has 0 aliphatic heterocycles. The third-order valence-corrected chi connectivity index (χ3v) is 17.0. The van der Waals surface area contributed by atoms with Crippen LogP contribution in [0.5, 0.6) is 46.0 Å². The number of hydrogen-bond acceptors (Lipinski definition) is 14. The average molecular weight is 1300 g/mol. The first-order valence-electron chi connectivity index (χ1n) is 32.4. The van der Waals surface area contributed by atoms with Gasteiger partial charge in [-0.05, 0) is 165 Å². The number of benzene rings is 8. The molecule has 0 atom stereocenters. The summed E-state index contributed by atoms with van der Waals surface area (Å²) >= 11 is 0. The van der Waals surface area contributed by atoms with Crippen molar-refractivity contribution >= 4 is 17.9 Å². The molecule has 0 saturated heterocycles. The van der Waals surface area contributed by atoms with Crippen LogP contribution in [0, 0.1) is 55.4 Å². The first-order chi connectivity index (χ1) is 45.6. The fourth-order valence-corrected chi connectivity index (χ4v) is 13.0. The van der Waals surface area contributed by atoms with E-state index in [-0.39, 0.29) is 68.4 Å². The van der Waals surface area contributed by atoms with Crippen LogP contribution in [0.1, 0.15) is 154 Å². The molecule has 5 N–H and O–H groups in total. The van der Waals surface area contributed by atoms with Crippen molar-refractivity contribution < 1.29 is 68.3 Å². The number of ether oxygens (including phenoxy) is 6. The van der Waals surface area contributed by atoms with Gasteiger partial charge >= 0.3 is 17.9 Å². The first-order valence-corrected chi connectivity index (χ1v) is 32.4. The van der Waals surface area contributed by atoms with Gasteiger partial charge in [0.2, 0.25) is 0 Å². The van der Waals surface area contributed by atoms with Gasteiger partial charge in [0.05, 0.1) is 0 Å². The number of fused-ring (bicyclic) bond motifs is 16. The molecule has 14 nitrogen and oxygen atoms in total. The zero-order chi connectivity index (χ0) is 69.4.